The van der Waals surface area contributed by atoms with E-state index in [-0.39, 0.29) is 6.10 Å². The highest BCUT2D eigenvalue weighted by atomic mass is 32.1. The second-order valence-corrected chi connectivity index (χ2v) is 4.56. The van der Waals surface area contributed by atoms with Crippen LogP contribution in [0.1, 0.15) is 36.2 Å². The quantitative estimate of drug-likeness (QED) is 0.893. The van der Waals surface area contributed by atoms with Gasteiger partial charge < -0.3 is 10.5 Å². The van der Waals surface area contributed by atoms with E-state index in [2.05, 4.69) is 4.98 Å². The van der Waals surface area contributed by atoms with Crippen molar-refractivity contribution in [2.75, 3.05) is 6.61 Å². The molecule has 2 atom stereocenters. The summed E-state index contributed by atoms with van der Waals surface area (Å²) in [5.74, 6) is 0. The third-order valence-electron chi connectivity index (χ3n) is 2.28. The van der Waals surface area contributed by atoms with E-state index < -0.39 is 17.2 Å². The molecule has 0 radical (unpaired) electrons. The Morgan fingerprint density at radius 3 is 2.53 bits per heavy atom. The van der Waals surface area contributed by atoms with E-state index in [9.17, 15) is 13.2 Å². The first-order valence-electron chi connectivity index (χ1n) is 5.30. The van der Waals surface area contributed by atoms with E-state index in [1.54, 1.807) is 0 Å². The van der Waals surface area contributed by atoms with Gasteiger partial charge in [-0.25, -0.2) is 4.98 Å². The number of rotatable bonds is 5. The van der Waals surface area contributed by atoms with Gasteiger partial charge in [-0.15, -0.1) is 11.3 Å². The predicted octanol–water partition coefficient (Wildman–Crippen LogP) is 2.98. The average molecular weight is 268 g/mol. The molecule has 0 aliphatic heterocycles. The molecule has 0 fully saturated rings. The van der Waals surface area contributed by atoms with Gasteiger partial charge in [0.1, 0.15) is 0 Å². The first-order valence-corrected chi connectivity index (χ1v) is 6.11. The van der Waals surface area contributed by atoms with E-state index in [0.717, 1.165) is 0 Å². The van der Waals surface area contributed by atoms with E-state index in [1.165, 1.54) is 6.20 Å². The Bertz CT molecular complexity index is 354. The van der Waals surface area contributed by atoms with Crippen molar-refractivity contribution in [3.63, 3.8) is 0 Å². The maximum atomic E-state index is 12.4. The zero-order chi connectivity index (χ0) is 13.1. The Morgan fingerprint density at radius 1 is 1.47 bits per heavy atom. The van der Waals surface area contributed by atoms with E-state index in [0.29, 0.717) is 29.2 Å². The molecule has 0 spiro atoms. The number of hydrogen-bond donors (Lipinski definition) is 1. The Hall–Kier alpha value is -0.660. The fraction of sp³-hybridized carbons (Fsp3) is 0.700. The van der Waals surface area contributed by atoms with E-state index in [1.807, 2.05) is 13.8 Å². The number of aromatic nitrogens is 1. The summed E-state index contributed by atoms with van der Waals surface area (Å²) >= 11 is 0.576. The number of alkyl halides is 3. The van der Waals surface area contributed by atoms with Gasteiger partial charge in [0.15, 0.2) is 5.01 Å². The van der Waals surface area contributed by atoms with Gasteiger partial charge >= 0.3 is 6.18 Å². The summed E-state index contributed by atoms with van der Waals surface area (Å²) in [6.45, 7) is 4.19. The maximum absolute atomic E-state index is 12.4. The molecule has 7 heteroatoms. The molecule has 0 aliphatic rings. The molecule has 3 nitrogen and oxygen atoms in total. The van der Waals surface area contributed by atoms with Crippen molar-refractivity contribution in [3.8, 4) is 0 Å². The lowest BCUT2D eigenvalue weighted by molar-refractivity contribution is -0.137. The molecule has 17 heavy (non-hydrogen) atoms. The summed E-state index contributed by atoms with van der Waals surface area (Å²) in [6.07, 6.45) is -2.86. The van der Waals surface area contributed by atoms with E-state index in [4.69, 9.17) is 10.5 Å². The van der Waals surface area contributed by atoms with Crippen LogP contribution in [0, 0.1) is 0 Å². The normalized spacial score (nSPS) is 15.9. The van der Waals surface area contributed by atoms with Crippen molar-refractivity contribution >= 4 is 11.3 Å². The monoisotopic (exact) mass is 268 g/mol. The minimum absolute atomic E-state index is 0.276. The largest absolute Gasteiger partial charge is 0.443 e. The van der Waals surface area contributed by atoms with Gasteiger partial charge in [0.25, 0.3) is 0 Å². The third-order valence-corrected chi connectivity index (χ3v) is 3.42. The van der Waals surface area contributed by atoms with Gasteiger partial charge in [-0.1, -0.05) is 6.92 Å². The molecule has 0 saturated heterocycles. The van der Waals surface area contributed by atoms with Crippen molar-refractivity contribution in [1.29, 1.82) is 0 Å². The highest BCUT2D eigenvalue weighted by Crippen LogP contribution is 2.35. The van der Waals surface area contributed by atoms with Gasteiger partial charge in [0.2, 0.25) is 0 Å². The number of halogens is 3. The second kappa shape index (κ2) is 5.79. The maximum Gasteiger partial charge on any atom is 0.443 e. The fourth-order valence-electron chi connectivity index (χ4n) is 1.44. The molecule has 0 saturated carbocycles. The topological polar surface area (TPSA) is 48.1 Å². The van der Waals surface area contributed by atoms with Crippen LogP contribution in [0.4, 0.5) is 13.2 Å². The van der Waals surface area contributed by atoms with Crippen LogP contribution >= 0.6 is 11.3 Å². The molecule has 0 amide bonds. The molecule has 0 aliphatic carbocycles. The number of nitrogens with two attached hydrogens (primary N) is 1. The molecule has 2 N–H and O–H groups in total. The van der Waals surface area contributed by atoms with Gasteiger partial charge in [-0.3, -0.25) is 0 Å². The first-order chi connectivity index (χ1) is 7.90. The summed E-state index contributed by atoms with van der Waals surface area (Å²) in [4.78, 5) is 3.74. The van der Waals surface area contributed by atoms with Gasteiger partial charge in [0, 0.05) is 17.7 Å². The summed E-state index contributed by atoms with van der Waals surface area (Å²) < 4.78 is 42.5. The van der Waals surface area contributed by atoms with Gasteiger partial charge in [0.05, 0.1) is 12.1 Å². The third kappa shape index (κ3) is 3.65. The number of ether oxygens (including phenoxy) is 1. The Morgan fingerprint density at radius 2 is 2.12 bits per heavy atom. The van der Waals surface area contributed by atoms with Crippen molar-refractivity contribution in [1.82, 2.24) is 4.98 Å². The van der Waals surface area contributed by atoms with Crippen LogP contribution in [-0.2, 0) is 10.9 Å². The number of thiazole rings is 1. The van der Waals surface area contributed by atoms with Crippen molar-refractivity contribution in [2.45, 2.75) is 38.6 Å². The summed E-state index contributed by atoms with van der Waals surface area (Å²) in [5, 5.41) is -0.866. The molecule has 2 unspecified atom stereocenters. The van der Waals surface area contributed by atoms with Crippen LogP contribution in [0.25, 0.3) is 0 Å². The molecule has 0 aromatic carbocycles. The Balaban J connectivity index is 2.82. The fourth-order valence-corrected chi connectivity index (χ4v) is 2.28. The van der Waals surface area contributed by atoms with Crippen LogP contribution in [0.3, 0.4) is 0 Å². The first kappa shape index (κ1) is 14.4. The highest BCUT2D eigenvalue weighted by molar-refractivity contribution is 7.11. The van der Waals surface area contributed by atoms with Crippen molar-refractivity contribution in [3.05, 3.63) is 16.1 Å². The predicted molar refractivity (Wildman–Crippen MR) is 59.7 cm³/mol. The van der Waals surface area contributed by atoms with Crippen LogP contribution in [0.15, 0.2) is 6.20 Å². The highest BCUT2D eigenvalue weighted by Gasteiger charge is 2.35. The van der Waals surface area contributed by atoms with Crippen LogP contribution in [0.5, 0.6) is 0 Å². The van der Waals surface area contributed by atoms with Crippen LogP contribution in [0.2, 0.25) is 0 Å². The Labute approximate surface area is 102 Å². The van der Waals surface area contributed by atoms with Gasteiger partial charge in [-0.2, -0.15) is 13.2 Å². The average Bonchev–Trinajstić information content (AvgIpc) is 2.73. The molecule has 1 aromatic rings. The smallest absolute Gasteiger partial charge is 0.377 e. The number of nitrogens with zero attached hydrogens (tertiary/aromatic N) is 1. The molecule has 1 rings (SSSR count). The van der Waals surface area contributed by atoms with Crippen LogP contribution in [-0.4, -0.2) is 17.7 Å². The van der Waals surface area contributed by atoms with Crippen molar-refractivity contribution in [2.24, 2.45) is 5.73 Å². The zero-order valence-electron chi connectivity index (χ0n) is 9.62. The second-order valence-electron chi connectivity index (χ2n) is 3.49. The minimum atomic E-state index is -4.41. The molecule has 1 heterocycles. The van der Waals surface area contributed by atoms with E-state index >= 15 is 0 Å². The van der Waals surface area contributed by atoms with Crippen molar-refractivity contribution < 1.29 is 17.9 Å². The lowest BCUT2D eigenvalue weighted by Gasteiger charge is -2.20. The molecular formula is C10H15F3N2OS. The molecule has 1 aromatic heterocycles. The zero-order valence-corrected chi connectivity index (χ0v) is 10.4. The summed E-state index contributed by atoms with van der Waals surface area (Å²) in [6, 6.07) is -0.562. The number of hydrogen-bond acceptors (Lipinski definition) is 4. The van der Waals surface area contributed by atoms with Crippen LogP contribution < -0.4 is 5.73 Å². The SMILES string of the molecule is CCOC(CC)C(N)c1cnc(C(F)(F)F)s1. The lowest BCUT2D eigenvalue weighted by atomic mass is 10.1. The summed E-state index contributed by atoms with van der Waals surface area (Å²) in [5.41, 5.74) is 5.87. The molecule has 98 valence electrons. The Kier molecular flexibility index (Phi) is 4.91. The molecule has 0 bridgehead atoms. The summed E-state index contributed by atoms with van der Waals surface area (Å²) in [7, 11) is 0. The molecular weight excluding hydrogens is 253 g/mol. The van der Waals surface area contributed by atoms with Gasteiger partial charge in [-0.05, 0) is 13.3 Å². The minimum Gasteiger partial charge on any atom is -0.377 e. The lowest BCUT2D eigenvalue weighted by Crippen LogP contribution is -2.27. The standard InChI is InChI=1S/C10H15F3N2OS/c1-3-6(16-4-2)8(14)7-5-15-9(17-7)10(11,12)13/h5-6,8H,3-4,14H2,1-2H3.